The van der Waals surface area contributed by atoms with Gasteiger partial charge in [-0.2, -0.15) is 5.10 Å². The van der Waals surface area contributed by atoms with Crippen LogP contribution >= 0.6 is 24.4 Å². The van der Waals surface area contributed by atoms with Crippen molar-refractivity contribution in [1.82, 2.24) is 42.4 Å². The smallest absolute Gasteiger partial charge is 0.317 e. The molecule has 6 unspecified atom stereocenters. The van der Waals surface area contributed by atoms with E-state index in [2.05, 4.69) is 43.5 Å². The number of amides is 2. The third kappa shape index (κ3) is 12.3. The molecule has 27 nitrogen and oxygen atoms in total. The number of ketones is 2. The fourth-order valence-corrected chi connectivity index (χ4v) is 8.07. The van der Waals surface area contributed by atoms with Crippen molar-refractivity contribution in [3.63, 3.8) is 0 Å². The first-order valence-electron chi connectivity index (χ1n) is 20.5. The lowest BCUT2D eigenvalue weighted by Gasteiger charge is -2.43. The van der Waals surface area contributed by atoms with Crippen LogP contribution in [0.2, 0.25) is 0 Å². The number of nitrogens with one attached hydrogen (secondary N) is 6. The Kier molecular flexibility index (Phi) is 17.6. The highest BCUT2D eigenvalue weighted by Crippen LogP contribution is 2.52. The maximum absolute atomic E-state index is 14.1. The number of aliphatic hydroxyl groups is 3. The molecule has 6 atom stereocenters. The van der Waals surface area contributed by atoms with Crippen LogP contribution in [0.15, 0.2) is 23.3 Å². The van der Waals surface area contributed by atoms with Crippen LogP contribution < -0.4 is 48.9 Å². The van der Waals surface area contributed by atoms with E-state index in [1.165, 1.54) is 37.1 Å². The first-order chi connectivity index (χ1) is 32.1. The molecule has 18 N–H and O–H groups in total. The highest BCUT2D eigenvalue weighted by atomic mass is 32.1. The summed E-state index contributed by atoms with van der Waals surface area (Å²) < 4.78 is 17.4. The fourth-order valence-electron chi connectivity index (χ4n) is 7.92. The summed E-state index contributed by atoms with van der Waals surface area (Å²) in [6.07, 6.45) is -5.81. The number of aliphatic carboxylic acids is 2. The summed E-state index contributed by atoms with van der Waals surface area (Å²) in [5.74, 6) is -4.01. The van der Waals surface area contributed by atoms with Gasteiger partial charge >= 0.3 is 11.9 Å². The third-order valence-electron chi connectivity index (χ3n) is 11.1. The molecule has 0 spiro atoms. The molecule has 0 bridgehead atoms. The molecule has 0 radical (unpaired) electrons. The van der Waals surface area contributed by atoms with Crippen molar-refractivity contribution in [2.75, 3.05) is 53.0 Å². The number of carboxylic acids is 2. The average Bonchev–Trinajstić information content (AvgIpc) is 3.27. The number of hydrazone groups is 1. The largest absolute Gasteiger partial charge is 0.507 e. The topological polar surface area (TPSA) is 416 Å². The van der Waals surface area contributed by atoms with E-state index >= 15 is 0 Å². The van der Waals surface area contributed by atoms with Crippen molar-refractivity contribution >= 4 is 75.7 Å². The SMILES string of the molecule is COc1cccc2c1C(=O)c1c(O)c3c(c(O)c1C2=O)CC(O)(C(CO)=NNC(=S)NNC(=O)CN(CCN(CC(=O)O)CC(=O)NNC(=S)N[NH3+])CC(=O)O)CC3OC1CC(N)C(O)C(C)O1. The van der Waals surface area contributed by atoms with Crippen molar-refractivity contribution in [1.29, 1.82) is 0 Å². The molecular formula is C39H52N11O16S2+. The zero-order chi connectivity index (χ0) is 50.2. The molecular weight excluding hydrogens is 943 g/mol. The van der Waals surface area contributed by atoms with Crippen LogP contribution in [0, 0.1) is 0 Å². The number of rotatable bonds is 17. The van der Waals surface area contributed by atoms with E-state index in [1.54, 1.807) is 0 Å². The van der Waals surface area contributed by atoms with Crippen LogP contribution in [-0.4, -0.2) is 180 Å². The summed E-state index contributed by atoms with van der Waals surface area (Å²) >= 11 is 10.0. The van der Waals surface area contributed by atoms with Crippen LogP contribution in [-0.2, 0) is 35.1 Å². The molecule has 1 aliphatic heterocycles. The number of quaternary nitrogens is 1. The average molecular weight is 995 g/mol. The van der Waals surface area contributed by atoms with Crippen molar-refractivity contribution in [2.45, 2.75) is 62.4 Å². The molecule has 1 fully saturated rings. The molecule has 1 saturated heterocycles. The second-order valence-corrected chi connectivity index (χ2v) is 16.6. The Bertz CT molecular complexity index is 2360. The van der Waals surface area contributed by atoms with Crippen molar-refractivity contribution in [3.05, 3.63) is 51.6 Å². The number of carbonyl (C=O) groups excluding carboxylic acids is 4. The molecule has 370 valence electrons. The predicted molar refractivity (Wildman–Crippen MR) is 239 cm³/mol. The number of hydrogen-bond acceptors (Lipinski definition) is 20. The van der Waals surface area contributed by atoms with Crippen molar-refractivity contribution < 1.29 is 84.6 Å². The second kappa shape index (κ2) is 22.7. The summed E-state index contributed by atoms with van der Waals surface area (Å²) in [4.78, 5) is 78.7. The van der Waals surface area contributed by atoms with E-state index < -0.39 is 151 Å². The van der Waals surface area contributed by atoms with Gasteiger partial charge in [0, 0.05) is 55.1 Å². The van der Waals surface area contributed by atoms with Gasteiger partial charge in [-0.3, -0.25) is 71.5 Å². The Morgan fingerprint density at radius 3 is 2.06 bits per heavy atom. The number of benzene rings is 2. The normalized spacial score (nSPS) is 22.0. The minimum atomic E-state index is -2.28. The van der Waals surface area contributed by atoms with Gasteiger partial charge in [-0.05, 0) is 37.4 Å². The molecule has 68 heavy (non-hydrogen) atoms. The lowest BCUT2D eigenvalue weighted by Crippen LogP contribution is -2.70. The number of hydrazine groups is 2. The minimum Gasteiger partial charge on any atom is -0.507 e. The maximum Gasteiger partial charge on any atom is 0.317 e. The van der Waals surface area contributed by atoms with Crippen LogP contribution in [0.1, 0.15) is 68.8 Å². The molecule has 0 saturated carbocycles. The summed E-state index contributed by atoms with van der Waals surface area (Å²) in [5.41, 5.74) is 15.4. The highest BCUT2D eigenvalue weighted by Gasteiger charge is 2.49. The zero-order valence-electron chi connectivity index (χ0n) is 36.4. The number of carbonyl (C=O) groups is 6. The van der Waals surface area contributed by atoms with E-state index in [0.717, 1.165) is 4.90 Å². The number of nitrogens with two attached hydrogens (primary N) is 1. The number of carboxylic acid groups (broad SMARTS) is 2. The quantitative estimate of drug-likeness (QED) is 0.0260. The van der Waals surface area contributed by atoms with Gasteiger partial charge < -0.3 is 55.7 Å². The molecule has 2 amide bonds. The Morgan fingerprint density at radius 2 is 1.51 bits per heavy atom. The number of ether oxygens (including phenoxy) is 3. The molecule has 5 rings (SSSR count). The van der Waals surface area contributed by atoms with E-state index in [-0.39, 0.29) is 52.6 Å². The molecule has 2 aromatic carbocycles. The Morgan fingerprint density at radius 1 is 0.926 bits per heavy atom. The van der Waals surface area contributed by atoms with E-state index in [1.807, 2.05) is 0 Å². The lowest BCUT2D eigenvalue weighted by atomic mass is 9.71. The Balaban J connectivity index is 1.34. The van der Waals surface area contributed by atoms with Crippen LogP contribution in [0.25, 0.3) is 0 Å². The molecule has 2 aliphatic carbocycles. The van der Waals surface area contributed by atoms with Crippen LogP contribution in [0.4, 0.5) is 0 Å². The Labute approximate surface area is 396 Å². The van der Waals surface area contributed by atoms with Gasteiger partial charge in [0.2, 0.25) is 16.0 Å². The standard InChI is InChI=1S/C39H51N11O16S2/c1-16-32(58)19(40)8-27(65-16)66-21-10-39(63,9-18-29(21)36(62)31-30(34(18)60)33(59)17-4-3-5-20(64-2)28(17)35(31)61)22(15-51)43-47-38(68)48-45-24(53)12-50(14-26(56)57)7-6-49(13-25(54)55)11-23(52)44-46-37(67)42-41/h3-5,16,19,21,27,32,51,58,60,62-63H,6-15,40-41H2,1-2H3,(H,44,52)(H,45,53)(H,54,55)(H,56,57)(H2,42,46,67)(H2,47,48,68)/p+1. The van der Waals surface area contributed by atoms with Crippen LogP contribution in [0.3, 0.4) is 0 Å². The van der Waals surface area contributed by atoms with Gasteiger partial charge in [0.05, 0.1) is 80.6 Å². The lowest BCUT2D eigenvalue weighted by molar-refractivity contribution is -0.419. The van der Waals surface area contributed by atoms with E-state index in [0.29, 0.717) is 0 Å². The zero-order valence-corrected chi connectivity index (χ0v) is 38.1. The number of fused-ring (bicyclic) bond motifs is 3. The van der Waals surface area contributed by atoms with Crippen molar-refractivity contribution in [3.8, 4) is 17.2 Å². The molecule has 0 aromatic heterocycles. The number of aromatic hydroxyl groups is 2. The summed E-state index contributed by atoms with van der Waals surface area (Å²) in [7, 11) is 1.29. The van der Waals surface area contributed by atoms with E-state index in [9.17, 15) is 64.5 Å². The summed E-state index contributed by atoms with van der Waals surface area (Å²) in [6, 6.07) is 3.41. The number of hydrogen-bond donors (Lipinski definition) is 15. The predicted octanol–water partition coefficient (Wildman–Crippen LogP) is -5.29. The van der Waals surface area contributed by atoms with Gasteiger partial charge in [-0.25, -0.2) is 5.43 Å². The number of thiocarbonyl (C=S) groups is 2. The first kappa shape index (κ1) is 52.7. The number of aliphatic hydroxyl groups excluding tert-OH is 2. The van der Waals surface area contributed by atoms with Gasteiger partial charge in [0.25, 0.3) is 11.8 Å². The molecule has 1 heterocycles. The first-order valence-corrected chi connectivity index (χ1v) is 21.3. The van der Waals surface area contributed by atoms with Crippen molar-refractivity contribution in [2.24, 2.45) is 10.8 Å². The number of phenols is 2. The van der Waals surface area contributed by atoms with Gasteiger partial charge in [0.15, 0.2) is 12.1 Å². The van der Waals surface area contributed by atoms with Gasteiger partial charge in [-0.1, -0.05) is 12.1 Å². The Hall–Kier alpha value is -6.25. The summed E-state index contributed by atoms with van der Waals surface area (Å²) in [6.45, 7) is -2.13. The number of phenolic OH excluding ortho intramolecular Hbond substituents is 2. The maximum atomic E-state index is 14.1. The third-order valence-corrected chi connectivity index (χ3v) is 11.5. The van der Waals surface area contributed by atoms with E-state index in [4.69, 9.17) is 44.4 Å². The highest BCUT2D eigenvalue weighted by molar-refractivity contribution is 7.80. The van der Waals surface area contributed by atoms with Crippen LogP contribution in [0.5, 0.6) is 17.2 Å². The monoisotopic (exact) mass is 994 g/mol. The molecule has 2 aromatic rings. The second-order valence-electron chi connectivity index (χ2n) is 15.8. The van der Waals surface area contributed by atoms with Gasteiger partial charge in [-0.15, -0.1) is 0 Å². The fraction of sp³-hybridized carbons (Fsp3) is 0.462. The molecule has 29 heteroatoms. The minimum absolute atomic E-state index is 0.0255. The summed E-state index contributed by atoms with van der Waals surface area (Å²) in [5, 5.41) is 79.5. The number of nitrogens with zero attached hydrogens (tertiary/aromatic N) is 3. The number of methoxy groups -OCH3 is 1. The van der Waals surface area contributed by atoms with Gasteiger partial charge in [0.1, 0.15) is 22.8 Å². The molecule has 3 aliphatic rings.